The normalized spacial score (nSPS) is 11.5. The lowest BCUT2D eigenvalue weighted by Gasteiger charge is -2.23. The van der Waals surface area contributed by atoms with Gasteiger partial charge in [0.25, 0.3) is 0 Å². The van der Waals surface area contributed by atoms with Crippen LogP contribution in [0.4, 0.5) is 0 Å². The third kappa shape index (κ3) is 4.49. The van der Waals surface area contributed by atoms with Crippen molar-refractivity contribution in [3.05, 3.63) is 24.0 Å². The third-order valence-electron chi connectivity index (χ3n) is 2.41. The van der Waals surface area contributed by atoms with Crippen molar-refractivity contribution < 1.29 is 4.79 Å². The number of likely N-dealkylation sites (N-methyl/N-ethyl adjacent to an activating group) is 1. The first-order valence-electron chi connectivity index (χ1n) is 5.53. The summed E-state index contributed by atoms with van der Waals surface area (Å²) in [7, 11) is 1.82. The van der Waals surface area contributed by atoms with Crippen molar-refractivity contribution in [2.45, 2.75) is 32.2 Å². The number of hydrogen-bond donors (Lipinski definition) is 2. The SMILES string of the molecule is CN(CCc1ccc[nH]1)C(=O)CC(C)(C)N. The highest BCUT2D eigenvalue weighted by molar-refractivity contribution is 5.77. The Kier molecular flexibility index (Phi) is 4.12. The van der Waals surface area contributed by atoms with Gasteiger partial charge in [-0.1, -0.05) is 0 Å². The van der Waals surface area contributed by atoms with Crippen LogP contribution >= 0.6 is 0 Å². The van der Waals surface area contributed by atoms with Crippen LogP contribution in [0, 0.1) is 0 Å². The van der Waals surface area contributed by atoms with Gasteiger partial charge < -0.3 is 15.6 Å². The molecule has 4 nitrogen and oxygen atoms in total. The van der Waals surface area contributed by atoms with Gasteiger partial charge in [-0.25, -0.2) is 0 Å². The van der Waals surface area contributed by atoms with Gasteiger partial charge in [-0.05, 0) is 26.0 Å². The fourth-order valence-corrected chi connectivity index (χ4v) is 1.46. The van der Waals surface area contributed by atoms with Crippen molar-refractivity contribution in [3.8, 4) is 0 Å². The molecule has 0 atom stereocenters. The zero-order chi connectivity index (χ0) is 12.2. The molecule has 0 aliphatic rings. The molecule has 90 valence electrons. The second kappa shape index (κ2) is 5.16. The van der Waals surface area contributed by atoms with Crippen LogP contribution in [0.15, 0.2) is 18.3 Å². The van der Waals surface area contributed by atoms with Gasteiger partial charge in [0.05, 0.1) is 0 Å². The Hall–Kier alpha value is -1.29. The van der Waals surface area contributed by atoms with Crippen LogP contribution in [0.1, 0.15) is 26.0 Å². The third-order valence-corrected chi connectivity index (χ3v) is 2.41. The Labute approximate surface area is 96.8 Å². The molecule has 0 saturated heterocycles. The van der Waals surface area contributed by atoms with Crippen LogP contribution in [0.2, 0.25) is 0 Å². The molecule has 0 aromatic carbocycles. The van der Waals surface area contributed by atoms with Crippen LogP contribution in [-0.2, 0) is 11.2 Å². The number of nitrogens with two attached hydrogens (primary N) is 1. The van der Waals surface area contributed by atoms with Crippen molar-refractivity contribution in [1.29, 1.82) is 0 Å². The summed E-state index contributed by atoms with van der Waals surface area (Å²) >= 11 is 0. The Morgan fingerprint density at radius 3 is 2.75 bits per heavy atom. The molecule has 0 aliphatic heterocycles. The molecule has 0 saturated carbocycles. The van der Waals surface area contributed by atoms with Gasteiger partial charge in [0.15, 0.2) is 0 Å². The van der Waals surface area contributed by atoms with Crippen LogP contribution in [-0.4, -0.2) is 34.9 Å². The first kappa shape index (κ1) is 12.8. The van der Waals surface area contributed by atoms with E-state index in [2.05, 4.69) is 4.98 Å². The lowest BCUT2D eigenvalue weighted by molar-refractivity contribution is -0.130. The summed E-state index contributed by atoms with van der Waals surface area (Å²) in [6, 6.07) is 3.98. The van der Waals surface area contributed by atoms with Crippen molar-refractivity contribution in [1.82, 2.24) is 9.88 Å². The summed E-state index contributed by atoms with van der Waals surface area (Å²) in [5.74, 6) is 0.0963. The molecule has 16 heavy (non-hydrogen) atoms. The number of nitrogens with one attached hydrogen (secondary N) is 1. The molecule has 0 spiro atoms. The van der Waals surface area contributed by atoms with Crippen molar-refractivity contribution in [2.24, 2.45) is 5.73 Å². The van der Waals surface area contributed by atoms with Gasteiger partial charge >= 0.3 is 0 Å². The van der Waals surface area contributed by atoms with E-state index in [1.54, 1.807) is 4.90 Å². The molecule has 0 aliphatic carbocycles. The minimum Gasteiger partial charge on any atom is -0.365 e. The van der Waals surface area contributed by atoms with Gasteiger partial charge in [0, 0.05) is 43.9 Å². The first-order valence-corrected chi connectivity index (χ1v) is 5.53. The molecule has 1 aromatic heterocycles. The zero-order valence-corrected chi connectivity index (χ0v) is 10.3. The Bertz CT molecular complexity index is 325. The van der Waals surface area contributed by atoms with Crippen molar-refractivity contribution >= 4 is 5.91 Å². The van der Waals surface area contributed by atoms with Crippen molar-refractivity contribution in [2.75, 3.05) is 13.6 Å². The lowest BCUT2D eigenvalue weighted by Crippen LogP contribution is -2.40. The van der Waals surface area contributed by atoms with Gasteiger partial charge in [-0.2, -0.15) is 0 Å². The smallest absolute Gasteiger partial charge is 0.224 e. The van der Waals surface area contributed by atoms with E-state index in [1.165, 1.54) is 0 Å². The van der Waals surface area contributed by atoms with E-state index >= 15 is 0 Å². The second-order valence-electron chi connectivity index (χ2n) is 4.93. The monoisotopic (exact) mass is 223 g/mol. The fraction of sp³-hybridized carbons (Fsp3) is 0.583. The first-order chi connectivity index (χ1) is 7.38. The predicted molar refractivity (Wildman–Crippen MR) is 65.0 cm³/mol. The highest BCUT2D eigenvalue weighted by Gasteiger charge is 2.19. The highest BCUT2D eigenvalue weighted by atomic mass is 16.2. The van der Waals surface area contributed by atoms with Crippen molar-refractivity contribution in [3.63, 3.8) is 0 Å². The average Bonchev–Trinajstić information content (AvgIpc) is 2.63. The number of aromatic nitrogens is 1. The molecule has 1 rings (SSSR count). The average molecular weight is 223 g/mol. The molecule has 1 amide bonds. The van der Waals surface area contributed by atoms with E-state index in [4.69, 9.17) is 5.73 Å². The maximum atomic E-state index is 11.8. The van der Waals surface area contributed by atoms with Crippen LogP contribution in [0.25, 0.3) is 0 Å². The molecular weight excluding hydrogens is 202 g/mol. The van der Waals surface area contributed by atoms with Crippen LogP contribution in [0.3, 0.4) is 0 Å². The quantitative estimate of drug-likeness (QED) is 0.786. The summed E-state index contributed by atoms with van der Waals surface area (Å²) in [6.07, 6.45) is 3.12. The number of rotatable bonds is 5. The minimum atomic E-state index is -0.433. The zero-order valence-electron chi connectivity index (χ0n) is 10.3. The summed E-state index contributed by atoms with van der Waals surface area (Å²) in [4.78, 5) is 16.6. The largest absolute Gasteiger partial charge is 0.365 e. The summed E-state index contributed by atoms with van der Waals surface area (Å²) < 4.78 is 0. The summed E-state index contributed by atoms with van der Waals surface area (Å²) in [6.45, 7) is 4.45. The second-order valence-corrected chi connectivity index (χ2v) is 4.93. The summed E-state index contributed by atoms with van der Waals surface area (Å²) in [5, 5.41) is 0. The highest BCUT2D eigenvalue weighted by Crippen LogP contribution is 2.06. The molecule has 0 fully saturated rings. The lowest BCUT2D eigenvalue weighted by atomic mass is 10.0. The number of hydrogen-bond acceptors (Lipinski definition) is 2. The number of H-pyrrole nitrogens is 1. The Morgan fingerprint density at radius 1 is 1.56 bits per heavy atom. The predicted octanol–water partition coefficient (Wildman–Crippen LogP) is 1.14. The van der Waals surface area contributed by atoms with E-state index in [1.807, 2.05) is 39.2 Å². The number of nitrogens with zero attached hydrogens (tertiary/aromatic N) is 1. The van der Waals surface area contributed by atoms with Gasteiger partial charge in [-0.3, -0.25) is 4.79 Å². The summed E-state index contributed by atoms with van der Waals surface area (Å²) in [5.41, 5.74) is 6.52. The van der Waals surface area contributed by atoms with E-state index < -0.39 is 5.54 Å². The van der Waals surface area contributed by atoms with Crippen LogP contribution in [0.5, 0.6) is 0 Å². The molecule has 4 heteroatoms. The van der Waals surface area contributed by atoms with E-state index in [9.17, 15) is 4.79 Å². The number of amides is 1. The fourth-order valence-electron chi connectivity index (χ4n) is 1.46. The molecule has 3 N–H and O–H groups in total. The van der Waals surface area contributed by atoms with Gasteiger partial charge in [0.2, 0.25) is 5.91 Å². The van der Waals surface area contributed by atoms with Gasteiger partial charge in [-0.15, -0.1) is 0 Å². The number of carbonyl (C=O) groups excluding carboxylic acids is 1. The molecule has 0 radical (unpaired) electrons. The maximum absolute atomic E-state index is 11.8. The molecule has 1 aromatic rings. The Morgan fingerprint density at radius 2 is 2.25 bits per heavy atom. The number of carbonyl (C=O) groups is 1. The topological polar surface area (TPSA) is 62.1 Å². The van der Waals surface area contributed by atoms with E-state index in [0.717, 1.165) is 18.7 Å². The standard InChI is InChI=1S/C12H21N3O/c1-12(2,13)9-11(16)15(3)8-6-10-5-4-7-14-10/h4-5,7,14H,6,8-9,13H2,1-3H3. The van der Waals surface area contributed by atoms with Crippen LogP contribution < -0.4 is 5.73 Å². The van der Waals surface area contributed by atoms with E-state index in [0.29, 0.717) is 6.42 Å². The molecule has 0 unspecified atom stereocenters. The molecule has 1 heterocycles. The minimum absolute atomic E-state index is 0.0963. The Balaban J connectivity index is 2.35. The number of aromatic amines is 1. The maximum Gasteiger partial charge on any atom is 0.224 e. The van der Waals surface area contributed by atoms with E-state index in [-0.39, 0.29) is 5.91 Å². The molecule has 0 bridgehead atoms. The van der Waals surface area contributed by atoms with Gasteiger partial charge in [0.1, 0.15) is 0 Å². The molecular formula is C12H21N3O.